The van der Waals surface area contributed by atoms with E-state index in [9.17, 15) is 4.79 Å². The van der Waals surface area contributed by atoms with Crippen molar-refractivity contribution in [2.45, 2.75) is 32.2 Å². The highest BCUT2D eigenvalue weighted by Gasteiger charge is 2.27. The van der Waals surface area contributed by atoms with Crippen LogP contribution in [0.4, 0.5) is 0 Å². The maximum atomic E-state index is 12.8. The van der Waals surface area contributed by atoms with Gasteiger partial charge < -0.3 is 9.88 Å². The Labute approximate surface area is 165 Å². The van der Waals surface area contributed by atoms with E-state index in [2.05, 4.69) is 29.0 Å². The van der Waals surface area contributed by atoms with E-state index in [4.69, 9.17) is 4.98 Å². The maximum Gasteiger partial charge on any atom is 0.236 e. The van der Waals surface area contributed by atoms with Gasteiger partial charge in [-0.15, -0.1) is 0 Å². The number of carbonyl (C=O) groups excluding carboxylic acids is 1. The van der Waals surface area contributed by atoms with Gasteiger partial charge in [0.05, 0.1) is 23.3 Å². The number of benzene rings is 1. The molecule has 1 saturated heterocycles. The predicted molar refractivity (Wildman–Crippen MR) is 110 cm³/mol. The average molecular weight is 377 g/mol. The third-order valence-electron chi connectivity index (χ3n) is 5.46. The molecule has 1 aliphatic rings. The summed E-state index contributed by atoms with van der Waals surface area (Å²) in [5.74, 6) is 1.45. The highest BCUT2D eigenvalue weighted by molar-refractivity contribution is 5.79. The van der Waals surface area contributed by atoms with Gasteiger partial charge in [-0.2, -0.15) is 0 Å². The Bertz CT molecular complexity index is 952. The van der Waals surface area contributed by atoms with Crippen LogP contribution in [0.1, 0.15) is 35.8 Å². The number of likely N-dealkylation sites (N-methyl/N-ethyl adjacent to an activating group) is 1. The summed E-state index contributed by atoms with van der Waals surface area (Å²) in [6, 6.07) is 12.1. The molecular formula is C22H27N5O. The number of imidazole rings is 1. The molecule has 1 fully saturated rings. The van der Waals surface area contributed by atoms with E-state index in [-0.39, 0.29) is 11.8 Å². The predicted octanol–water partition coefficient (Wildman–Crippen LogP) is 3.10. The molecule has 0 radical (unpaired) electrons. The summed E-state index contributed by atoms with van der Waals surface area (Å²) in [7, 11) is 1.97. The number of rotatable bonds is 5. The fraction of sp³-hybridized carbons (Fsp3) is 0.409. The summed E-state index contributed by atoms with van der Waals surface area (Å²) in [4.78, 5) is 29.5. The van der Waals surface area contributed by atoms with Crippen molar-refractivity contribution in [1.29, 1.82) is 0 Å². The number of aryl methyl sites for hydroxylation is 1. The number of nitrogens with zero attached hydrogens (tertiary/aromatic N) is 4. The first kappa shape index (κ1) is 18.6. The smallest absolute Gasteiger partial charge is 0.236 e. The summed E-state index contributed by atoms with van der Waals surface area (Å²) in [6.07, 6.45) is 3.86. The van der Waals surface area contributed by atoms with Gasteiger partial charge in [0, 0.05) is 31.7 Å². The van der Waals surface area contributed by atoms with Crippen molar-refractivity contribution in [3.05, 3.63) is 59.7 Å². The second kappa shape index (κ2) is 8.10. The highest BCUT2D eigenvalue weighted by Crippen LogP contribution is 2.27. The van der Waals surface area contributed by atoms with Crippen LogP contribution in [0.3, 0.4) is 0 Å². The Morgan fingerprint density at radius 1 is 1.29 bits per heavy atom. The number of aromatic amines is 1. The molecule has 4 rings (SSSR count). The standard InChI is InChI=1S/C22H27N5O/c1-16-7-5-10-19-21(16)25-22(24-19)17-8-6-12-27(13-17)20(28)15-26(2)14-18-9-3-4-11-23-18/h3-5,7,9-11,17H,6,8,12-15H2,1-2H3,(H,24,25). The Balaban J connectivity index is 1.40. The van der Waals surface area contributed by atoms with E-state index in [0.717, 1.165) is 48.5 Å². The number of H-pyrrole nitrogens is 1. The SMILES string of the molecule is Cc1cccc2[nH]c(C3CCCN(C(=O)CN(C)Cc4ccccn4)C3)nc12. The lowest BCUT2D eigenvalue weighted by atomic mass is 9.97. The molecule has 0 bridgehead atoms. The van der Waals surface area contributed by atoms with Crippen molar-refractivity contribution in [1.82, 2.24) is 24.8 Å². The lowest BCUT2D eigenvalue weighted by Crippen LogP contribution is -2.44. The third-order valence-corrected chi connectivity index (χ3v) is 5.46. The molecular weight excluding hydrogens is 350 g/mol. The molecule has 6 nitrogen and oxygen atoms in total. The van der Waals surface area contributed by atoms with Crippen molar-refractivity contribution in [2.75, 3.05) is 26.7 Å². The molecule has 1 aliphatic heterocycles. The maximum absolute atomic E-state index is 12.8. The highest BCUT2D eigenvalue weighted by atomic mass is 16.2. The van der Waals surface area contributed by atoms with Crippen LogP contribution in [0, 0.1) is 6.92 Å². The van der Waals surface area contributed by atoms with Gasteiger partial charge in [0.1, 0.15) is 5.82 Å². The van der Waals surface area contributed by atoms with Gasteiger partial charge in [-0.3, -0.25) is 14.7 Å². The number of piperidine rings is 1. The molecule has 0 spiro atoms. The Morgan fingerprint density at radius 3 is 2.96 bits per heavy atom. The summed E-state index contributed by atoms with van der Waals surface area (Å²) in [5.41, 5.74) is 4.27. The Hall–Kier alpha value is -2.73. The van der Waals surface area contributed by atoms with Crippen molar-refractivity contribution in [2.24, 2.45) is 0 Å². The number of pyridine rings is 1. The molecule has 1 unspecified atom stereocenters. The summed E-state index contributed by atoms with van der Waals surface area (Å²) in [6.45, 7) is 4.72. The summed E-state index contributed by atoms with van der Waals surface area (Å²) in [5, 5.41) is 0. The van der Waals surface area contributed by atoms with Gasteiger partial charge in [-0.05, 0) is 50.6 Å². The fourth-order valence-electron chi connectivity index (χ4n) is 3.97. The van der Waals surface area contributed by atoms with Crippen LogP contribution in [0.5, 0.6) is 0 Å². The Morgan fingerprint density at radius 2 is 2.18 bits per heavy atom. The van der Waals surface area contributed by atoms with E-state index in [1.54, 1.807) is 6.20 Å². The van der Waals surface area contributed by atoms with E-state index in [1.807, 2.05) is 41.1 Å². The zero-order chi connectivity index (χ0) is 19.5. The molecule has 0 aliphatic carbocycles. The molecule has 146 valence electrons. The van der Waals surface area contributed by atoms with Gasteiger partial charge in [0.15, 0.2) is 0 Å². The van der Waals surface area contributed by atoms with Crippen LogP contribution in [0.15, 0.2) is 42.6 Å². The quantitative estimate of drug-likeness (QED) is 0.742. The molecule has 3 aromatic rings. The number of nitrogens with one attached hydrogen (secondary N) is 1. The number of likely N-dealkylation sites (tertiary alicyclic amines) is 1. The number of para-hydroxylation sites is 1. The number of aromatic nitrogens is 3. The molecule has 1 atom stereocenters. The van der Waals surface area contributed by atoms with Gasteiger partial charge in [-0.1, -0.05) is 18.2 Å². The first-order chi connectivity index (χ1) is 13.6. The van der Waals surface area contributed by atoms with Gasteiger partial charge in [0.2, 0.25) is 5.91 Å². The van der Waals surface area contributed by atoms with Crippen molar-refractivity contribution >= 4 is 16.9 Å². The van der Waals surface area contributed by atoms with Crippen LogP contribution in [-0.4, -0.2) is 57.3 Å². The molecule has 1 aromatic carbocycles. The number of hydrogen-bond donors (Lipinski definition) is 1. The van der Waals surface area contributed by atoms with E-state index in [0.29, 0.717) is 13.1 Å². The molecule has 3 heterocycles. The van der Waals surface area contributed by atoms with Crippen molar-refractivity contribution in [3.63, 3.8) is 0 Å². The second-order valence-electron chi connectivity index (χ2n) is 7.77. The Kier molecular flexibility index (Phi) is 5.39. The molecule has 2 aromatic heterocycles. The van der Waals surface area contributed by atoms with E-state index < -0.39 is 0 Å². The zero-order valence-electron chi connectivity index (χ0n) is 16.6. The number of hydrogen-bond acceptors (Lipinski definition) is 4. The van der Waals surface area contributed by atoms with E-state index >= 15 is 0 Å². The first-order valence-corrected chi connectivity index (χ1v) is 9.91. The molecule has 28 heavy (non-hydrogen) atoms. The van der Waals surface area contributed by atoms with Crippen molar-refractivity contribution in [3.8, 4) is 0 Å². The minimum Gasteiger partial charge on any atom is -0.342 e. The molecule has 1 N–H and O–H groups in total. The largest absolute Gasteiger partial charge is 0.342 e. The van der Waals surface area contributed by atoms with Crippen LogP contribution in [-0.2, 0) is 11.3 Å². The normalized spacial score (nSPS) is 17.4. The molecule has 6 heteroatoms. The monoisotopic (exact) mass is 377 g/mol. The fourth-order valence-corrected chi connectivity index (χ4v) is 3.97. The minimum absolute atomic E-state index is 0.176. The summed E-state index contributed by atoms with van der Waals surface area (Å²) >= 11 is 0. The number of carbonyl (C=O) groups is 1. The average Bonchev–Trinajstić information content (AvgIpc) is 3.15. The van der Waals surface area contributed by atoms with Gasteiger partial charge in [-0.25, -0.2) is 4.98 Å². The van der Waals surface area contributed by atoms with Crippen LogP contribution >= 0.6 is 0 Å². The molecule has 0 saturated carbocycles. The first-order valence-electron chi connectivity index (χ1n) is 9.91. The zero-order valence-corrected chi connectivity index (χ0v) is 16.6. The van der Waals surface area contributed by atoms with Gasteiger partial charge in [0.25, 0.3) is 0 Å². The summed E-state index contributed by atoms with van der Waals surface area (Å²) < 4.78 is 0. The van der Waals surface area contributed by atoms with Crippen LogP contribution in [0.25, 0.3) is 11.0 Å². The topological polar surface area (TPSA) is 65.1 Å². The van der Waals surface area contributed by atoms with Crippen LogP contribution < -0.4 is 0 Å². The van der Waals surface area contributed by atoms with Gasteiger partial charge >= 0.3 is 0 Å². The number of fused-ring (bicyclic) bond motifs is 1. The lowest BCUT2D eigenvalue weighted by Gasteiger charge is -2.33. The number of amides is 1. The third kappa shape index (κ3) is 4.07. The van der Waals surface area contributed by atoms with E-state index in [1.165, 1.54) is 5.56 Å². The lowest BCUT2D eigenvalue weighted by molar-refractivity contribution is -0.133. The molecule has 1 amide bonds. The second-order valence-corrected chi connectivity index (χ2v) is 7.77. The minimum atomic E-state index is 0.176. The van der Waals surface area contributed by atoms with Crippen molar-refractivity contribution < 1.29 is 4.79 Å². The van der Waals surface area contributed by atoms with Crippen LogP contribution in [0.2, 0.25) is 0 Å².